The summed E-state index contributed by atoms with van der Waals surface area (Å²) in [5.74, 6) is -1.96. The summed E-state index contributed by atoms with van der Waals surface area (Å²) in [6, 6.07) is 0. The maximum atomic E-state index is 12.3. The molecule has 138 valence electrons. The monoisotopic (exact) mass is 358 g/mol. The van der Waals surface area contributed by atoms with Crippen molar-refractivity contribution in [2.24, 2.45) is 5.92 Å². The summed E-state index contributed by atoms with van der Waals surface area (Å²) in [6.07, 6.45) is 4.26. The second-order valence-corrected chi connectivity index (χ2v) is 6.89. The quantitative estimate of drug-likeness (QED) is 0.327. The maximum absolute atomic E-state index is 12.3. The van der Waals surface area contributed by atoms with E-state index in [4.69, 9.17) is 14.2 Å². The molecule has 2 aliphatic heterocycles. The summed E-state index contributed by atoms with van der Waals surface area (Å²) in [5.41, 5.74) is 2.07. The first-order valence-corrected chi connectivity index (χ1v) is 8.62. The third-order valence-electron chi connectivity index (χ3n) is 4.98. The lowest BCUT2D eigenvalue weighted by Crippen LogP contribution is -2.34. The first-order valence-electron chi connectivity index (χ1n) is 8.62. The second kappa shape index (κ2) is 6.94. The van der Waals surface area contributed by atoms with Crippen LogP contribution < -0.4 is 0 Å². The summed E-state index contributed by atoms with van der Waals surface area (Å²) in [5, 5.41) is 0. The number of carbonyl (C=O) groups is 3. The van der Waals surface area contributed by atoms with Gasteiger partial charge in [-0.25, -0.2) is 14.4 Å². The zero-order valence-corrected chi connectivity index (χ0v) is 15.1. The molecule has 0 aromatic heterocycles. The van der Waals surface area contributed by atoms with Crippen LogP contribution in [0.25, 0.3) is 0 Å². The lowest BCUT2D eigenvalue weighted by molar-refractivity contribution is -0.148. The number of rotatable bonds is 2. The Morgan fingerprint density at radius 3 is 2.65 bits per heavy atom. The van der Waals surface area contributed by atoms with E-state index in [9.17, 15) is 14.4 Å². The molecule has 26 heavy (non-hydrogen) atoms. The highest BCUT2D eigenvalue weighted by atomic mass is 16.6. The molecule has 0 spiro atoms. The lowest BCUT2D eigenvalue weighted by Gasteiger charge is -2.26. The topological polar surface area (TPSA) is 78.9 Å². The van der Waals surface area contributed by atoms with Crippen LogP contribution in [0.1, 0.15) is 33.6 Å². The first kappa shape index (κ1) is 18.2. The molecule has 4 atom stereocenters. The van der Waals surface area contributed by atoms with Crippen LogP contribution in [0.15, 0.2) is 47.1 Å². The average molecular weight is 358 g/mol. The van der Waals surface area contributed by atoms with Crippen LogP contribution in [-0.2, 0) is 28.6 Å². The van der Waals surface area contributed by atoms with Gasteiger partial charge in [-0.1, -0.05) is 18.2 Å². The Labute approximate surface area is 152 Å². The van der Waals surface area contributed by atoms with Crippen molar-refractivity contribution in [2.75, 3.05) is 0 Å². The minimum absolute atomic E-state index is 0.155. The Morgan fingerprint density at radius 1 is 1.23 bits per heavy atom. The van der Waals surface area contributed by atoms with Gasteiger partial charge in [0.1, 0.15) is 18.3 Å². The summed E-state index contributed by atoms with van der Waals surface area (Å²) >= 11 is 0. The van der Waals surface area contributed by atoms with E-state index in [0.717, 1.165) is 5.57 Å². The van der Waals surface area contributed by atoms with Gasteiger partial charge < -0.3 is 14.2 Å². The second-order valence-electron chi connectivity index (χ2n) is 6.89. The Bertz CT molecular complexity index is 769. The van der Waals surface area contributed by atoms with E-state index in [-0.39, 0.29) is 18.1 Å². The van der Waals surface area contributed by atoms with E-state index >= 15 is 0 Å². The van der Waals surface area contributed by atoms with Gasteiger partial charge in [0, 0.05) is 29.6 Å². The zero-order valence-electron chi connectivity index (χ0n) is 15.1. The standard InChI is InChI=1S/C20H22O6/c1-5-11(3)18(21)25-16-9-13-8-14(24-20(13)23)6-10(2)7-15-17(16)12(4)19(22)26-15/h5,7-8,14-17H,4,6,9H2,1-3H3/b10-7-,11-5-/t14-,15+,16?,17?/m1/s1. The summed E-state index contributed by atoms with van der Waals surface area (Å²) in [4.78, 5) is 36.6. The lowest BCUT2D eigenvalue weighted by atomic mass is 9.85. The van der Waals surface area contributed by atoms with Crippen molar-refractivity contribution in [1.29, 1.82) is 0 Å². The van der Waals surface area contributed by atoms with Crippen LogP contribution in [0.3, 0.4) is 0 Å². The summed E-state index contributed by atoms with van der Waals surface area (Å²) in [7, 11) is 0. The highest BCUT2D eigenvalue weighted by Crippen LogP contribution is 2.38. The number of esters is 3. The molecule has 3 rings (SSSR count). The molecular formula is C20H22O6. The molecule has 0 saturated carbocycles. The predicted molar refractivity (Wildman–Crippen MR) is 92.8 cm³/mol. The van der Waals surface area contributed by atoms with E-state index in [0.29, 0.717) is 17.6 Å². The number of hydrogen-bond donors (Lipinski definition) is 0. The molecule has 0 aromatic rings. The van der Waals surface area contributed by atoms with Gasteiger partial charge >= 0.3 is 17.9 Å². The molecule has 1 fully saturated rings. The van der Waals surface area contributed by atoms with Crippen molar-refractivity contribution in [3.05, 3.63) is 47.1 Å². The van der Waals surface area contributed by atoms with Gasteiger partial charge in [-0.15, -0.1) is 0 Å². The van der Waals surface area contributed by atoms with Crippen LogP contribution in [0.5, 0.6) is 0 Å². The van der Waals surface area contributed by atoms with Crippen LogP contribution in [0, 0.1) is 5.92 Å². The van der Waals surface area contributed by atoms with E-state index in [1.165, 1.54) is 0 Å². The van der Waals surface area contributed by atoms with E-state index in [1.807, 2.05) is 13.0 Å². The number of carbonyl (C=O) groups excluding carboxylic acids is 3. The van der Waals surface area contributed by atoms with Crippen LogP contribution in [0.4, 0.5) is 0 Å². The smallest absolute Gasteiger partial charge is 0.334 e. The molecule has 0 aromatic carbocycles. The SMILES string of the molecule is C=C1C(=O)O[C@H]2/C=C(/C)C[C@@H]3C=C(CC(OC(=O)/C(C)=C\C)C12)C(=O)O3. The fourth-order valence-corrected chi connectivity index (χ4v) is 3.44. The van der Waals surface area contributed by atoms with Crippen molar-refractivity contribution in [2.45, 2.75) is 51.9 Å². The number of fused-ring (bicyclic) bond motifs is 2. The summed E-state index contributed by atoms with van der Waals surface area (Å²) in [6.45, 7) is 9.10. The molecule has 1 saturated heterocycles. The van der Waals surface area contributed by atoms with Gasteiger partial charge in [0.2, 0.25) is 0 Å². The number of ether oxygens (including phenoxy) is 3. The molecule has 2 unspecified atom stereocenters. The fraction of sp³-hybridized carbons (Fsp3) is 0.450. The molecule has 2 heterocycles. The molecule has 3 aliphatic rings. The normalized spacial score (nSPS) is 33.5. The van der Waals surface area contributed by atoms with E-state index in [2.05, 4.69) is 6.58 Å². The molecule has 0 amide bonds. The fourth-order valence-electron chi connectivity index (χ4n) is 3.44. The molecule has 2 bridgehead atoms. The third kappa shape index (κ3) is 3.36. The largest absolute Gasteiger partial charge is 0.458 e. The van der Waals surface area contributed by atoms with Gasteiger partial charge in [0.25, 0.3) is 0 Å². The minimum Gasteiger partial charge on any atom is -0.458 e. The Hall–Kier alpha value is -2.63. The Morgan fingerprint density at radius 2 is 1.96 bits per heavy atom. The van der Waals surface area contributed by atoms with Crippen LogP contribution in [-0.4, -0.2) is 36.2 Å². The van der Waals surface area contributed by atoms with Crippen molar-refractivity contribution in [3.63, 3.8) is 0 Å². The molecule has 0 radical (unpaired) electrons. The maximum Gasteiger partial charge on any atom is 0.334 e. The third-order valence-corrected chi connectivity index (χ3v) is 4.98. The molecule has 6 nitrogen and oxygen atoms in total. The van der Waals surface area contributed by atoms with Crippen molar-refractivity contribution < 1.29 is 28.6 Å². The Balaban J connectivity index is 2.00. The summed E-state index contributed by atoms with van der Waals surface area (Å²) < 4.78 is 16.5. The highest BCUT2D eigenvalue weighted by Gasteiger charge is 2.46. The molecule has 1 aliphatic carbocycles. The molecular weight excluding hydrogens is 336 g/mol. The van der Waals surface area contributed by atoms with E-state index in [1.54, 1.807) is 26.0 Å². The predicted octanol–water partition coefficient (Wildman–Crippen LogP) is 2.55. The molecule has 6 heteroatoms. The van der Waals surface area contributed by atoms with Gasteiger partial charge in [0.05, 0.1) is 5.92 Å². The van der Waals surface area contributed by atoms with Gasteiger partial charge in [-0.2, -0.15) is 0 Å². The Kier molecular flexibility index (Phi) is 4.85. The van der Waals surface area contributed by atoms with Crippen molar-refractivity contribution in [3.8, 4) is 0 Å². The first-order chi connectivity index (χ1) is 12.3. The minimum atomic E-state index is -0.749. The van der Waals surface area contributed by atoms with Gasteiger partial charge in [-0.05, 0) is 32.9 Å². The van der Waals surface area contributed by atoms with Crippen molar-refractivity contribution >= 4 is 17.9 Å². The van der Waals surface area contributed by atoms with E-state index < -0.39 is 36.0 Å². The highest BCUT2D eigenvalue weighted by molar-refractivity contribution is 5.93. The zero-order chi connectivity index (χ0) is 19.0. The number of allylic oxidation sites excluding steroid dienone is 1. The van der Waals surface area contributed by atoms with Crippen LogP contribution in [0.2, 0.25) is 0 Å². The van der Waals surface area contributed by atoms with Gasteiger partial charge in [-0.3, -0.25) is 0 Å². The molecule has 0 N–H and O–H groups in total. The van der Waals surface area contributed by atoms with Crippen molar-refractivity contribution in [1.82, 2.24) is 0 Å². The van der Waals surface area contributed by atoms with Gasteiger partial charge in [0.15, 0.2) is 0 Å². The van der Waals surface area contributed by atoms with Crippen LogP contribution >= 0.6 is 0 Å². The number of hydrogen-bond acceptors (Lipinski definition) is 6. The average Bonchev–Trinajstić information content (AvgIpc) is 3.04.